The molecule has 0 heterocycles. The van der Waals surface area contributed by atoms with E-state index in [9.17, 15) is 0 Å². The van der Waals surface area contributed by atoms with Gasteiger partial charge in [0.05, 0.1) is 0 Å². The molecule has 0 spiro atoms. The lowest BCUT2D eigenvalue weighted by atomic mass is 9.90. The monoisotopic (exact) mass is 291 g/mol. The molecule has 4 unspecified atom stereocenters. The maximum absolute atomic E-state index is 6.43. The Kier molecular flexibility index (Phi) is 5.98. The van der Waals surface area contributed by atoms with Crippen LogP contribution in [0.4, 0.5) is 0 Å². The molecular formula is C18H29NS. The minimum atomic E-state index is 0.263. The lowest BCUT2D eigenvalue weighted by molar-refractivity contribution is 0.393. The lowest BCUT2D eigenvalue weighted by Gasteiger charge is -2.32. The maximum atomic E-state index is 6.43. The first-order valence-electron chi connectivity index (χ1n) is 8.07. The summed E-state index contributed by atoms with van der Waals surface area (Å²) in [4.78, 5) is 0. The first-order chi connectivity index (χ1) is 9.60. The van der Waals surface area contributed by atoms with Gasteiger partial charge in [-0.3, -0.25) is 0 Å². The number of benzene rings is 1. The number of rotatable bonds is 5. The van der Waals surface area contributed by atoms with Crippen molar-refractivity contribution in [1.29, 1.82) is 0 Å². The largest absolute Gasteiger partial charge is 0.326 e. The number of nitrogens with two attached hydrogens (primary N) is 1. The Bertz CT molecular complexity index is 418. The van der Waals surface area contributed by atoms with E-state index in [-0.39, 0.29) is 6.04 Å². The van der Waals surface area contributed by atoms with E-state index in [1.54, 1.807) is 0 Å². The fourth-order valence-corrected chi connectivity index (χ4v) is 5.05. The maximum Gasteiger partial charge on any atom is 0.0451 e. The van der Waals surface area contributed by atoms with Crippen molar-refractivity contribution in [3.05, 3.63) is 35.4 Å². The fraction of sp³-hybridized carbons (Fsp3) is 0.667. The van der Waals surface area contributed by atoms with Gasteiger partial charge in [-0.25, -0.2) is 0 Å². The van der Waals surface area contributed by atoms with Gasteiger partial charge in [0.25, 0.3) is 0 Å². The molecule has 1 aromatic carbocycles. The quantitative estimate of drug-likeness (QED) is 0.818. The average molecular weight is 292 g/mol. The summed E-state index contributed by atoms with van der Waals surface area (Å²) in [5, 5.41) is 1.25. The summed E-state index contributed by atoms with van der Waals surface area (Å²) >= 11 is 2.14. The van der Waals surface area contributed by atoms with Crippen LogP contribution in [0, 0.1) is 12.8 Å². The van der Waals surface area contributed by atoms with E-state index in [0.29, 0.717) is 5.25 Å². The molecule has 1 aromatic rings. The van der Waals surface area contributed by atoms with Gasteiger partial charge in [0, 0.05) is 16.5 Å². The molecule has 4 atom stereocenters. The van der Waals surface area contributed by atoms with Gasteiger partial charge < -0.3 is 5.73 Å². The Balaban J connectivity index is 2.11. The van der Waals surface area contributed by atoms with Crippen LogP contribution < -0.4 is 5.73 Å². The highest BCUT2D eigenvalue weighted by molar-refractivity contribution is 8.00. The highest BCUT2D eigenvalue weighted by Crippen LogP contribution is 2.42. The number of aryl methyl sites for hydroxylation is 1. The second-order valence-electron chi connectivity index (χ2n) is 6.44. The lowest BCUT2D eigenvalue weighted by Crippen LogP contribution is -2.28. The number of thioether (sulfide) groups is 1. The molecule has 2 N–H and O–H groups in total. The van der Waals surface area contributed by atoms with E-state index >= 15 is 0 Å². The van der Waals surface area contributed by atoms with Crippen LogP contribution >= 0.6 is 11.8 Å². The third kappa shape index (κ3) is 4.26. The predicted molar refractivity (Wildman–Crippen MR) is 91.2 cm³/mol. The molecule has 1 nitrogen and oxygen atoms in total. The molecule has 0 bridgehead atoms. The minimum absolute atomic E-state index is 0.263. The zero-order chi connectivity index (χ0) is 14.5. The number of hydrogen-bond acceptors (Lipinski definition) is 2. The van der Waals surface area contributed by atoms with E-state index in [1.807, 2.05) is 0 Å². The first kappa shape index (κ1) is 15.9. The van der Waals surface area contributed by atoms with Crippen molar-refractivity contribution in [3.8, 4) is 0 Å². The van der Waals surface area contributed by atoms with Crippen LogP contribution in [0.5, 0.6) is 0 Å². The second-order valence-corrected chi connectivity index (χ2v) is 7.88. The van der Waals surface area contributed by atoms with E-state index < -0.39 is 0 Å². The Morgan fingerprint density at radius 1 is 1.35 bits per heavy atom. The van der Waals surface area contributed by atoms with Crippen LogP contribution in [0.25, 0.3) is 0 Å². The minimum Gasteiger partial charge on any atom is -0.326 e. The van der Waals surface area contributed by atoms with Crippen molar-refractivity contribution >= 4 is 11.8 Å². The zero-order valence-corrected chi connectivity index (χ0v) is 14.0. The predicted octanol–water partition coefficient (Wildman–Crippen LogP) is 5.09. The van der Waals surface area contributed by atoms with Crippen LogP contribution in [-0.2, 0) is 0 Å². The zero-order valence-electron chi connectivity index (χ0n) is 13.1. The smallest absolute Gasteiger partial charge is 0.0451 e. The molecule has 2 rings (SSSR count). The Morgan fingerprint density at radius 3 is 2.80 bits per heavy atom. The third-order valence-corrected chi connectivity index (χ3v) is 6.19. The second kappa shape index (κ2) is 7.51. The summed E-state index contributed by atoms with van der Waals surface area (Å²) in [6.45, 7) is 6.77. The van der Waals surface area contributed by atoms with Gasteiger partial charge in [-0.1, -0.05) is 56.5 Å². The van der Waals surface area contributed by atoms with Crippen molar-refractivity contribution in [1.82, 2.24) is 0 Å². The van der Waals surface area contributed by atoms with E-state index in [1.165, 1.54) is 36.8 Å². The highest BCUT2D eigenvalue weighted by Gasteiger charge is 2.26. The Labute approximate surface area is 128 Å². The summed E-state index contributed by atoms with van der Waals surface area (Å²) in [6.07, 6.45) is 6.58. The van der Waals surface area contributed by atoms with Gasteiger partial charge in [0.2, 0.25) is 0 Å². The van der Waals surface area contributed by atoms with Crippen LogP contribution in [0.3, 0.4) is 0 Å². The SMILES string of the molecule is CCC(N)C(SC1CCCC(C)C1)c1cccc(C)c1. The summed E-state index contributed by atoms with van der Waals surface area (Å²) in [7, 11) is 0. The molecule has 112 valence electrons. The molecule has 1 saturated carbocycles. The Hall–Kier alpha value is -0.470. The topological polar surface area (TPSA) is 26.0 Å². The van der Waals surface area contributed by atoms with Crippen LogP contribution in [-0.4, -0.2) is 11.3 Å². The molecular weight excluding hydrogens is 262 g/mol. The van der Waals surface area contributed by atoms with Gasteiger partial charge >= 0.3 is 0 Å². The Morgan fingerprint density at radius 2 is 2.15 bits per heavy atom. The van der Waals surface area contributed by atoms with Crippen molar-refractivity contribution < 1.29 is 0 Å². The van der Waals surface area contributed by atoms with Gasteiger partial charge in [0.1, 0.15) is 0 Å². The number of hydrogen-bond donors (Lipinski definition) is 1. The van der Waals surface area contributed by atoms with Gasteiger partial charge in [0.15, 0.2) is 0 Å². The molecule has 1 fully saturated rings. The first-order valence-corrected chi connectivity index (χ1v) is 9.02. The fourth-order valence-electron chi connectivity index (χ4n) is 3.20. The normalized spacial score (nSPS) is 26.2. The van der Waals surface area contributed by atoms with Gasteiger partial charge in [-0.05, 0) is 37.7 Å². The molecule has 1 aliphatic rings. The van der Waals surface area contributed by atoms with Crippen molar-refractivity contribution in [2.24, 2.45) is 11.7 Å². The van der Waals surface area contributed by atoms with Crippen LogP contribution in [0.2, 0.25) is 0 Å². The average Bonchev–Trinajstić information content (AvgIpc) is 2.44. The van der Waals surface area contributed by atoms with Crippen LogP contribution in [0.15, 0.2) is 24.3 Å². The third-order valence-electron chi connectivity index (χ3n) is 4.46. The van der Waals surface area contributed by atoms with E-state index in [2.05, 4.69) is 56.8 Å². The summed E-state index contributed by atoms with van der Waals surface area (Å²) in [6, 6.07) is 9.18. The summed E-state index contributed by atoms with van der Waals surface area (Å²) in [5.74, 6) is 0.886. The van der Waals surface area contributed by atoms with E-state index in [0.717, 1.165) is 17.6 Å². The molecule has 2 heteroatoms. The molecule has 0 aliphatic heterocycles. The summed E-state index contributed by atoms with van der Waals surface area (Å²) in [5.41, 5.74) is 9.19. The van der Waals surface area contributed by atoms with Crippen LogP contribution in [0.1, 0.15) is 62.3 Å². The molecule has 0 saturated heterocycles. The van der Waals surface area contributed by atoms with Crippen molar-refractivity contribution in [2.75, 3.05) is 0 Å². The highest BCUT2D eigenvalue weighted by atomic mass is 32.2. The summed E-state index contributed by atoms with van der Waals surface area (Å²) < 4.78 is 0. The van der Waals surface area contributed by atoms with Gasteiger partial charge in [-0.15, -0.1) is 11.8 Å². The molecule has 0 amide bonds. The van der Waals surface area contributed by atoms with Crippen molar-refractivity contribution in [2.45, 2.75) is 69.4 Å². The van der Waals surface area contributed by atoms with Crippen molar-refractivity contribution in [3.63, 3.8) is 0 Å². The molecule has 20 heavy (non-hydrogen) atoms. The molecule has 1 aliphatic carbocycles. The molecule has 0 aromatic heterocycles. The van der Waals surface area contributed by atoms with E-state index in [4.69, 9.17) is 5.73 Å². The molecule has 0 radical (unpaired) electrons. The van der Waals surface area contributed by atoms with Gasteiger partial charge in [-0.2, -0.15) is 0 Å². The standard InChI is InChI=1S/C18H29NS/c1-4-17(19)18(15-9-5-7-13(2)11-15)20-16-10-6-8-14(3)12-16/h5,7,9,11,14,16-18H,4,6,8,10,12,19H2,1-3H3.